The van der Waals surface area contributed by atoms with Gasteiger partial charge in [0.2, 0.25) is 0 Å². The lowest BCUT2D eigenvalue weighted by atomic mass is 10.1. The maximum atomic E-state index is 13.1. The van der Waals surface area contributed by atoms with Crippen LogP contribution in [0.25, 0.3) is 0 Å². The fourth-order valence-electron chi connectivity index (χ4n) is 1.12. The molecule has 3 nitrogen and oxygen atoms in total. The van der Waals surface area contributed by atoms with Crippen LogP contribution < -0.4 is 16.2 Å². The molecule has 0 bridgehead atoms. The van der Waals surface area contributed by atoms with Crippen LogP contribution >= 0.6 is 0 Å². The molecule has 5 heteroatoms. The summed E-state index contributed by atoms with van der Waals surface area (Å²) in [7, 11) is 1.20. The maximum Gasteiger partial charge on any atom is 0.190 e. The molecule has 4 N–H and O–H groups in total. The monoisotopic (exact) mass is 202 g/mol. The Bertz CT molecular complexity index is 308. The van der Waals surface area contributed by atoms with Gasteiger partial charge in [0, 0.05) is 12.6 Å². The molecule has 1 atom stereocenters. The first kappa shape index (κ1) is 10.9. The molecule has 1 rings (SSSR count). The summed E-state index contributed by atoms with van der Waals surface area (Å²) in [6.45, 7) is 0.130. The summed E-state index contributed by atoms with van der Waals surface area (Å²) in [6.07, 6.45) is 0. The van der Waals surface area contributed by atoms with Gasteiger partial charge < -0.3 is 16.2 Å². The Kier molecular flexibility index (Phi) is 3.38. The van der Waals surface area contributed by atoms with Crippen LogP contribution in [-0.2, 0) is 0 Å². The van der Waals surface area contributed by atoms with Crippen LogP contribution in [0.5, 0.6) is 5.75 Å². The van der Waals surface area contributed by atoms with Gasteiger partial charge in [0.25, 0.3) is 0 Å². The van der Waals surface area contributed by atoms with Crippen LogP contribution in [-0.4, -0.2) is 13.7 Å². The number of hydrogen-bond acceptors (Lipinski definition) is 3. The van der Waals surface area contributed by atoms with Crippen molar-refractivity contribution in [3.63, 3.8) is 0 Å². The second-order valence-corrected chi connectivity index (χ2v) is 2.86. The fraction of sp³-hybridized carbons (Fsp3) is 0.333. The molecule has 0 aromatic heterocycles. The molecule has 0 radical (unpaired) electrons. The van der Waals surface area contributed by atoms with E-state index in [0.717, 1.165) is 12.1 Å². The van der Waals surface area contributed by atoms with Crippen molar-refractivity contribution in [1.29, 1.82) is 0 Å². The van der Waals surface area contributed by atoms with Gasteiger partial charge in [-0.25, -0.2) is 8.78 Å². The highest BCUT2D eigenvalue weighted by Crippen LogP contribution is 2.24. The molecule has 78 valence electrons. The van der Waals surface area contributed by atoms with E-state index in [2.05, 4.69) is 4.74 Å². The molecular weight excluding hydrogens is 190 g/mol. The quantitative estimate of drug-likeness (QED) is 0.766. The Morgan fingerprint density at radius 2 is 1.86 bits per heavy atom. The van der Waals surface area contributed by atoms with Gasteiger partial charge in [-0.05, 0) is 17.7 Å². The van der Waals surface area contributed by atoms with Crippen LogP contribution in [0.15, 0.2) is 12.1 Å². The zero-order chi connectivity index (χ0) is 10.7. The fourth-order valence-corrected chi connectivity index (χ4v) is 1.12. The second kappa shape index (κ2) is 4.34. The van der Waals surface area contributed by atoms with E-state index in [1.165, 1.54) is 7.11 Å². The average molecular weight is 202 g/mol. The molecule has 0 aliphatic heterocycles. The van der Waals surface area contributed by atoms with Crippen LogP contribution in [0.3, 0.4) is 0 Å². The largest absolute Gasteiger partial charge is 0.491 e. The second-order valence-electron chi connectivity index (χ2n) is 2.86. The zero-order valence-electron chi connectivity index (χ0n) is 7.76. The highest BCUT2D eigenvalue weighted by Gasteiger charge is 2.14. The van der Waals surface area contributed by atoms with E-state index in [1.807, 2.05) is 0 Å². The van der Waals surface area contributed by atoms with Crippen LogP contribution in [0.1, 0.15) is 11.6 Å². The molecule has 1 unspecified atom stereocenters. The third kappa shape index (κ3) is 2.00. The molecular formula is C9H12F2N2O. The van der Waals surface area contributed by atoms with Crippen molar-refractivity contribution in [2.24, 2.45) is 11.5 Å². The van der Waals surface area contributed by atoms with E-state index in [1.54, 1.807) is 0 Å². The summed E-state index contributed by atoms with van der Waals surface area (Å²) < 4.78 is 30.8. The van der Waals surface area contributed by atoms with Crippen molar-refractivity contribution in [3.05, 3.63) is 29.3 Å². The predicted octanol–water partition coefficient (Wildman–Crippen LogP) is 0.932. The first-order chi connectivity index (χ1) is 6.60. The van der Waals surface area contributed by atoms with E-state index in [4.69, 9.17) is 11.5 Å². The number of benzene rings is 1. The number of hydrogen-bond donors (Lipinski definition) is 2. The first-order valence-electron chi connectivity index (χ1n) is 4.08. The Balaban J connectivity index is 3.13. The molecule has 0 aliphatic carbocycles. The highest BCUT2D eigenvalue weighted by atomic mass is 19.1. The van der Waals surface area contributed by atoms with Gasteiger partial charge in [-0.15, -0.1) is 0 Å². The SMILES string of the molecule is COc1c(F)cc(C(N)CN)cc1F. The molecule has 1 aromatic carbocycles. The van der Waals surface area contributed by atoms with Gasteiger partial charge in [0.05, 0.1) is 7.11 Å². The summed E-state index contributed by atoms with van der Waals surface area (Å²) in [6, 6.07) is 1.68. The Morgan fingerprint density at radius 3 is 2.21 bits per heavy atom. The normalized spacial score (nSPS) is 12.6. The third-order valence-electron chi connectivity index (χ3n) is 1.91. The van der Waals surface area contributed by atoms with Gasteiger partial charge in [0.15, 0.2) is 17.4 Å². The molecule has 1 aromatic rings. The molecule has 0 spiro atoms. The van der Waals surface area contributed by atoms with E-state index < -0.39 is 23.4 Å². The minimum absolute atomic E-state index is 0.130. The van der Waals surface area contributed by atoms with Crippen LogP contribution in [0.2, 0.25) is 0 Å². The van der Waals surface area contributed by atoms with Crippen molar-refractivity contribution in [2.75, 3.05) is 13.7 Å². The van der Waals surface area contributed by atoms with E-state index in [9.17, 15) is 8.78 Å². The predicted molar refractivity (Wildman–Crippen MR) is 48.9 cm³/mol. The van der Waals surface area contributed by atoms with E-state index in [0.29, 0.717) is 5.56 Å². The summed E-state index contributed by atoms with van der Waals surface area (Å²) in [4.78, 5) is 0. The number of nitrogens with two attached hydrogens (primary N) is 2. The minimum Gasteiger partial charge on any atom is -0.491 e. The number of rotatable bonds is 3. The number of halogens is 2. The lowest BCUT2D eigenvalue weighted by Crippen LogP contribution is -2.21. The van der Waals surface area contributed by atoms with E-state index in [-0.39, 0.29) is 6.54 Å². The van der Waals surface area contributed by atoms with Gasteiger partial charge >= 0.3 is 0 Å². The lowest BCUT2D eigenvalue weighted by Gasteiger charge is -2.11. The zero-order valence-corrected chi connectivity index (χ0v) is 7.76. The number of ether oxygens (including phenoxy) is 1. The number of methoxy groups -OCH3 is 1. The summed E-state index contributed by atoms with van der Waals surface area (Å²) >= 11 is 0. The average Bonchev–Trinajstić information content (AvgIpc) is 2.16. The summed E-state index contributed by atoms with van der Waals surface area (Å²) in [5.74, 6) is -1.95. The smallest absolute Gasteiger partial charge is 0.190 e. The summed E-state index contributed by atoms with van der Waals surface area (Å²) in [5.41, 5.74) is 11.1. The Morgan fingerprint density at radius 1 is 1.36 bits per heavy atom. The maximum absolute atomic E-state index is 13.1. The Labute approximate surface area is 80.7 Å². The van der Waals surface area contributed by atoms with Crippen LogP contribution in [0, 0.1) is 11.6 Å². The van der Waals surface area contributed by atoms with Crippen molar-refractivity contribution in [2.45, 2.75) is 6.04 Å². The molecule has 14 heavy (non-hydrogen) atoms. The van der Waals surface area contributed by atoms with Crippen LogP contribution in [0.4, 0.5) is 8.78 Å². The molecule has 0 aliphatic rings. The molecule has 0 amide bonds. The van der Waals surface area contributed by atoms with Crippen molar-refractivity contribution >= 4 is 0 Å². The summed E-state index contributed by atoms with van der Waals surface area (Å²) in [5, 5.41) is 0. The highest BCUT2D eigenvalue weighted by molar-refractivity contribution is 5.32. The van der Waals surface area contributed by atoms with E-state index >= 15 is 0 Å². The molecule has 0 saturated carbocycles. The van der Waals surface area contributed by atoms with Gasteiger partial charge in [-0.3, -0.25) is 0 Å². The molecule has 0 heterocycles. The third-order valence-corrected chi connectivity index (χ3v) is 1.91. The topological polar surface area (TPSA) is 61.3 Å². The van der Waals surface area contributed by atoms with Gasteiger partial charge in [-0.2, -0.15) is 0 Å². The van der Waals surface area contributed by atoms with Crippen molar-refractivity contribution in [3.8, 4) is 5.75 Å². The lowest BCUT2D eigenvalue weighted by molar-refractivity contribution is 0.359. The van der Waals surface area contributed by atoms with Gasteiger partial charge in [-0.1, -0.05) is 0 Å². The minimum atomic E-state index is -0.772. The molecule has 0 fully saturated rings. The van der Waals surface area contributed by atoms with Crippen molar-refractivity contribution < 1.29 is 13.5 Å². The van der Waals surface area contributed by atoms with Gasteiger partial charge in [0.1, 0.15) is 0 Å². The first-order valence-corrected chi connectivity index (χ1v) is 4.08. The standard InChI is InChI=1S/C9H12F2N2O/c1-14-9-6(10)2-5(3-7(9)11)8(13)4-12/h2-3,8H,4,12-13H2,1H3. The molecule has 0 saturated heterocycles. The Hall–Kier alpha value is -1.20. The van der Waals surface area contributed by atoms with Crippen molar-refractivity contribution in [1.82, 2.24) is 0 Å².